The molecule has 6 nitrogen and oxygen atoms in total. The Labute approximate surface area is 190 Å². The average molecular weight is 432 g/mol. The van der Waals surface area contributed by atoms with Crippen LogP contribution in [-0.2, 0) is 13.1 Å². The van der Waals surface area contributed by atoms with Gasteiger partial charge in [0.2, 0.25) is 0 Å². The Hall–Kier alpha value is -2.96. The first-order valence-electron chi connectivity index (χ1n) is 11.4. The topological polar surface area (TPSA) is 53.4 Å². The van der Waals surface area contributed by atoms with E-state index in [1.165, 1.54) is 16.7 Å². The van der Waals surface area contributed by atoms with E-state index in [1.807, 2.05) is 20.2 Å². The summed E-state index contributed by atoms with van der Waals surface area (Å²) in [5.41, 5.74) is 3.81. The molecule has 1 saturated heterocycles. The minimum absolute atomic E-state index is 0.0321. The predicted molar refractivity (Wildman–Crippen MR) is 131 cm³/mol. The molecule has 0 amide bonds. The van der Waals surface area contributed by atoms with Crippen LogP contribution in [0.1, 0.15) is 18.4 Å². The molecule has 0 radical (unpaired) electrons. The summed E-state index contributed by atoms with van der Waals surface area (Å²) in [4.78, 5) is 21.6. The Balaban J connectivity index is 1.28. The van der Waals surface area contributed by atoms with E-state index in [4.69, 9.17) is 0 Å². The summed E-state index contributed by atoms with van der Waals surface area (Å²) in [6, 6.07) is 19.7. The molecule has 1 fully saturated rings. The highest BCUT2D eigenvalue weighted by Crippen LogP contribution is 2.21. The molecule has 32 heavy (non-hydrogen) atoms. The maximum atomic E-state index is 12.7. The van der Waals surface area contributed by atoms with Gasteiger partial charge in [-0.15, -0.1) is 0 Å². The SMILES string of the molecule is CN(C)CCn1ccnc(NC2CCN(Cc3ccc(-c4ccccc4)cc3)CC2)c1=O. The highest BCUT2D eigenvalue weighted by Gasteiger charge is 2.20. The summed E-state index contributed by atoms with van der Waals surface area (Å²) in [6.07, 6.45) is 5.50. The van der Waals surface area contributed by atoms with Crippen LogP contribution in [0, 0.1) is 0 Å². The summed E-state index contributed by atoms with van der Waals surface area (Å²) in [5.74, 6) is 0.473. The molecular formula is C26H33N5O. The highest BCUT2D eigenvalue weighted by molar-refractivity contribution is 5.63. The predicted octanol–water partition coefficient (Wildman–Crippen LogP) is 3.55. The van der Waals surface area contributed by atoms with Gasteiger partial charge in [0, 0.05) is 51.2 Å². The second-order valence-electron chi connectivity index (χ2n) is 8.84. The molecule has 168 valence electrons. The van der Waals surface area contributed by atoms with Gasteiger partial charge in [0.1, 0.15) is 0 Å². The van der Waals surface area contributed by atoms with Gasteiger partial charge in [0.25, 0.3) is 5.56 Å². The molecule has 2 heterocycles. The normalized spacial score (nSPS) is 15.2. The molecule has 0 unspecified atom stereocenters. The van der Waals surface area contributed by atoms with E-state index in [-0.39, 0.29) is 11.6 Å². The smallest absolute Gasteiger partial charge is 0.293 e. The van der Waals surface area contributed by atoms with Crippen LogP contribution in [0.15, 0.2) is 71.8 Å². The van der Waals surface area contributed by atoms with E-state index in [9.17, 15) is 4.79 Å². The summed E-state index contributed by atoms with van der Waals surface area (Å²) in [7, 11) is 4.02. The molecule has 0 bridgehead atoms. The van der Waals surface area contributed by atoms with Crippen molar-refractivity contribution < 1.29 is 0 Å². The lowest BCUT2D eigenvalue weighted by Gasteiger charge is -2.32. The minimum Gasteiger partial charge on any atom is -0.363 e. The Kier molecular flexibility index (Phi) is 7.35. The van der Waals surface area contributed by atoms with Crippen molar-refractivity contribution in [1.82, 2.24) is 19.4 Å². The first-order valence-corrected chi connectivity index (χ1v) is 11.4. The number of hydrogen-bond donors (Lipinski definition) is 1. The lowest BCUT2D eigenvalue weighted by molar-refractivity contribution is 0.211. The van der Waals surface area contributed by atoms with E-state index in [2.05, 4.69) is 68.6 Å². The van der Waals surface area contributed by atoms with Gasteiger partial charge in [-0.1, -0.05) is 54.6 Å². The first kappa shape index (κ1) is 22.2. The van der Waals surface area contributed by atoms with E-state index in [0.717, 1.165) is 39.0 Å². The van der Waals surface area contributed by atoms with Gasteiger partial charge in [0.15, 0.2) is 5.82 Å². The number of anilines is 1. The third-order valence-corrected chi connectivity index (χ3v) is 6.10. The number of nitrogens with zero attached hydrogens (tertiary/aromatic N) is 4. The van der Waals surface area contributed by atoms with Gasteiger partial charge in [-0.2, -0.15) is 0 Å². The second kappa shape index (κ2) is 10.6. The van der Waals surface area contributed by atoms with Crippen molar-refractivity contribution in [2.45, 2.75) is 32.0 Å². The number of benzene rings is 2. The Morgan fingerprint density at radius 2 is 1.69 bits per heavy atom. The van der Waals surface area contributed by atoms with Crippen molar-refractivity contribution in [3.8, 4) is 11.1 Å². The van der Waals surface area contributed by atoms with Crippen molar-refractivity contribution >= 4 is 5.82 Å². The zero-order valence-corrected chi connectivity index (χ0v) is 19.1. The molecule has 1 aliphatic rings. The Bertz CT molecular complexity index is 1040. The summed E-state index contributed by atoms with van der Waals surface area (Å²) in [6.45, 7) is 4.49. The van der Waals surface area contributed by atoms with E-state index < -0.39 is 0 Å². The van der Waals surface area contributed by atoms with Crippen LogP contribution in [0.5, 0.6) is 0 Å². The lowest BCUT2D eigenvalue weighted by atomic mass is 10.0. The number of piperidine rings is 1. The second-order valence-corrected chi connectivity index (χ2v) is 8.84. The van der Waals surface area contributed by atoms with Crippen LogP contribution in [0.25, 0.3) is 11.1 Å². The average Bonchev–Trinajstić information content (AvgIpc) is 2.82. The van der Waals surface area contributed by atoms with Crippen molar-refractivity contribution in [1.29, 1.82) is 0 Å². The Morgan fingerprint density at radius 1 is 1.00 bits per heavy atom. The van der Waals surface area contributed by atoms with Crippen molar-refractivity contribution in [3.05, 3.63) is 82.9 Å². The number of likely N-dealkylation sites (tertiary alicyclic amines) is 1. The molecule has 3 aromatic rings. The quantitative estimate of drug-likeness (QED) is 0.591. The first-order chi connectivity index (χ1) is 15.6. The number of rotatable bonds is 8. The molecule has 6 heteroatoms. The highest BCUT2D eigenvalue weighted by atomic mass is 16.1. The van der Waals surface area contributed by atoms with Gasteiger partial charge in [-0.25, -0.2) is 4.98 Å². The zero-order chi connectivity index (χ0) is 22.3. The van der Waals surface area contributed by atoms with Gasteiger partial charge < -0.3 is 14.8 Å². The molecule has 0 atom stereocenters. The maximum absolute atomic E-state index is 12.7. The van der Waals surface area contributed by atoms with Crippen molar-refractivity contribution in [3.63, 3.8) is 0 Å². The van der Waals surface area contributed by atoms with E-state index in [0.29, 0.717) is 12.4 Å². The van der Waals surface area contributed by atoms with Crippen LogP contribution in [-0.4, -0.2) is 59.1 Å². The molecule has 0 aliphatic carbocycles. The third kappa shape index (κ3) is 5.84. The van der Waals surface area contributed by atoms with Crippen LogP contribution >= 0.6 is 0 Å². The van der Waals surface area contributed by atoms with Crippen LogP contribution in [0.3, 0.4) is 0 Å². The molecule has 0 spiro atoms. The molecule has 4 rings (SSSR count). The van der Waals surface area contributed by atoms with Gasteiger partial charge >= 0.3 is 0 Å². The number of hydrogen-bond acceptors (Lipinski definition) is 5. The summed E-state index contributed by atoms with van der Waals surface area (Å²) < 4.78 is 1.74. The number of aromatic nitrogens is 2. The zero-order valence-electron chi connectivity index (χ0n) is 19.1. The fourth-order valence-electron chi connectivity index (χ4n) is 4.15. The minimum atomic E-state index is -0.0321. The largest absolute Gasteiger partial charge is 0.363 e. The molecular weight excluding hydrogens is 398 g/mol. The molecule has 2 aromatic carbocycles. The Morgan fingerprint density at radius 3 is 2.38 bits per heavy atom. The van der Waals surface area contributed by atoms with E-state index in [1.54, 1.807) is 17.0 Å². The molecule has 1 aliphatic heterocycles. The third-order valence-electron chi connectivity index (χ3n) is 6.10. The van der Waals surface area contributed by atoms with Gasteiger partial charge in [-0.05, 0) is 43.6 Å². The lowest BCUT2D eigenvalue weighted by Crippen LogP contribution is -2.40. The van der Waals surface area contributed by atoms with E-state index >= 15 is 0 Å². The van der Waals surface area contributed by atoms with Gasteiger partial charge in [0.05, 0.1) is 0 Å². The van der Waals surface area contributed by atoms with Crippen molar-refractivity contribution in [2.75, 3.05) is 39.0 Å². The number of nitrogens with one attached hydrogen (secondary N) is 1. The standard InChI is InChI=1S/C26H33N5O/c1-29(2)18-19-31-17-14-27-25(26(31)32)28-24-12-15-30(16-13-24)20-21-8-10-23(11-9-21)22-6-4-3-5-7-22/h3-11,14,17,24H,12-13,15-16,18-20H2,1-2H3,(H,27,28). The fraction of sp³-hybridized carbons (Fsp3) is 0.385. The molecule has 0 saturated carbocycles. The van der Waals surface area contributed by atoms with Crippen LogP contribution < -0.4 is 10.9 Å². The van der Waals surface area contributed by atoms with Crippen molar-refractivity contribution in [2.24, 2.45) is 0 Å². The molecule has 1 N–H and O–H groups in total. The number of likely N-dealkylation sites (N-methyl/N-ethyl adjacent to an activating group) is 1. The monoisotopic (exact) mass is 431 g/mol. The maximum Gasteiger partial charge on any atom is 0.293 e. The summed E-state index contributed by atoms with van der Waals surface area (Å²) >= 11 is 0. The van der Waals surface area contributed by atoms with Crippen LogP contribution in [0.4, 0.5) is 5.82 Å². The summed E-state index contributed by atoms with van der Waals surface area (Å²) in [5, 5.41) is 3.40. The fourth-order valence-corrected chi connectivity index (χ4v) is 4.15. The van der Waals surface area contributed by atoms with Crippen LogP contribution in [0.2, 0.25) is 0 Å². The van der Waals surface area contributed by atoms with Gasteiger partial charge in [-0.3, -0.25) is 9.69 Å². The molecule has 1 aromatic heterocycles.